The summed E-state index contributed by atoms with van der Waals surface area (Å²) >= 11 is 0. The molecule has 0 heterocycles. The van der Waals surface area contributed by atoms with Crippen LogP contribution in [0.1, 0.15) is 38.5 Å². The molecule has 96 valence electrons. The molecule has 2 rings (SSSR count). The van der Waals surface area contributed by atoms with Crippen molar-refractivity contribution >= 4 is 5.91 Å². The molecule has 0 atom stereocenters. The van der Waals surface area contributed by atoms with Crippen LogP contribution in [0.2, 0.25) is 0 Å². The van der Waals surface area contributed by atoms with E-state index < -0.39 is 0 Å². The van der Waals surface area contributed by atoms with Gasteiger partial charge in [-0.2, -0.15) is 0 Å². The Morgan fingerprint density at radius 2 is 1.76 bits per heavy atom. The Kier molecular flexibility index (Phi) is 4.60. The average molecular weight is 236 g/mol. The van der Waals surface area contributed by atoms with E-state index in [4.69, 9.17) is 5.73 Å². The predicted molar refractivity (Wildman–Crippen MR) is 69.4 cm³/mol. The van der Waals surface area contributed by atoms with Gasteiger partial charge >= 0.3 is 0 Å². The third kappa shape index (κ3) is 3.09. The highest BCUT2D eigenvalue weighted by Gasteiger charge is 2.40. The summed E-state index contributed by atoms with van der Waals surface area (Å²) < 4.78 is 0. The molecule has 0 bridgehead atoms. The van der Waals surface area contributed by atoms with Crippen LogP contribution in [-0.4, -0.2) is 19.0 Å². The predicted octanol–water partition coefficient (Wildman–Crippen LogP) is 1.83. The zero-order chi connectivity index (χ0) is 12.1. The largest absolute Gasteiger partial charge is 0.352 e. The summed E-state index contributed by atoms with van der Waals surface area (Å²) in [5.41, 5.74) is 5.36. The first-order valence-corrected chi connectivity index (χ1v) is 6.95. The Bertz CT molecular complexity index is 266. The second kappa shape index (κ2) is 6.20. The van der Waals surface area contributed by atoms with Crippen LogP contribution in [0.3, 0.4) is 0 Å². The quantitative estimate of drug-likeness (QED) is 0.691. The lowest BCUT2D eigenvalue weighted by Gasteiger charge is -2.41. The summed E-state index contributed by atoms with van der Waals surface area (Å²) in [6.45, 7) is 1.18. The number of amides is 1. The molecule has 2 aliphatic carbocycles. The van der Waals surface area contributed by atoms with Crippen molar-refractivity contribution in [3.05, 3.63) is 12.2 Å². The molecule has 3 nitrogen and oxygen atoms in total. The van der Waals surface area contributed by atoms with E-state index in [1.165, 1.54) is 38.5 Å². The summed E-state index contributed by atoms with van der Waals surface area (Å²) in [4.78, 5) is 12.2. The van der Waals surface area contributed by atoms with Gasteiger partial charge in [-0.1, -0.05) is 25.0 Å². The van der Waals surface area contributed by atoms with Gasteiger partial charge in [-0.25, -0.2) is 0 Å². The molecule has 3 N–H and O–H groups in total. The van der Waals surface area contributed by atoms with Crippen LogP contribution in [0.5, 0.6) is 0 Å². The number of rotatable bonds is 6. The number of nitrogens with one attached hydrogen (secondary N) is 1. The molecule has 0 aromatic rings. The van der Waals surface area contributed by atoms with Crippen molar-refractivity contribution in [3.63, 3.8) is 0 Å². The van der Waals surface area contributed by atoms with Gasteiger partial charge in [0.15, 0.2) is 0 Å². The lowest BCUT2D eigenvalue weighted by molar-refractivity contribution is -0.131. The highest BCUT2D eigenvalue weighted by atomic mass is 16.1. The fraction of sp³-hybridized carbons (Fsp3) is 0.786. The summed E-state index contributed by atoms with van der Waals surface area (Å²) in [6.07, 6.45) is 11.5. The molecule has 0 aromatic carbocycles. The molecule has 0 spiro atoms. The molecule has 0 unspecified atom stereocenters. The van der Waals surface area contributed by atoms with Gasteiger partial charge < -0.3 is 11.1 Å². The van der Waals surface area contributed by atoms with Gasteiger partial charge in [-0.3, -0.25) is 4.79 Å². The first kappa shape index (κ1) is 12.6. The lowest BCUT2D eigenvalue weighted by atomic mass is 9.64. The van der Waals surface area contributed by atoms with E-state index in [-0.39, 0.29) is 5.91 Å². The van der Waals surface area contributed by atoms with Crippen LogP contribution in [0.4, 0.5) is 0 Å². The lowest BCUT2D eigenvalue weighted by Crippen LogP contribution is -2.43. The molecule has 3 heteroatoms. The molecule has 0 radical (unpaired) electrons. The fourth-order valence-corrected chi connectivity index (χ4v) is 2.87. The fourth-order valence-electron chi connectivity index (χ4n) is 2.87. The first-order chi connectivity index (χ1) is 8.33. The van der Waals surface area contributed by atoms with Crippen molar-refractivity contribution in [1.82, 2.24) is 5.32 Å². The van der Waals surface area contributed by atoms with Crippen molar-refractivity contribution in [2.24, 2.45) is 23.5 Å². The van der Waals surface area contributed by atoms with E-state index in [1.807, 2.05) is 12.2 Å². The first-order valence-electron chi connectivity index (χ1n) is 6.95. The number of hydrogen-bond acceptors (Lipinski definition) is 2. The van der Waals surface area contributed by atoms with Crippen LogP contribution < -0.4 is 11.1 Å². The van der Waals surface area contributed by atoms with Crippen molar-refractivity contribution in [1.29, 1.82) is 0 Å². The topological polar surface area (TPSA) is 55.1 Å². The molecule has 2 aliphatic rings. The van der Waals surface area contributed by atoms with E-state index in [0.717, 1.165) is 0 Å². The van der Waals surface area contributed by atoms with E-state index in [0.29, 0.717) is 30.8 Å². The molecule has 2 fully saturated rings. The van der Waals surface area contributed by atoms with Gasteiger partial charge in [0.05, 0.1) is 0 Å². The Hall–Kier alpha value is -0.830. The number of carbonyl (C=O) groups is 1. The van der Waals surface area contributed by atoms with Gasteiger partial charge in [0.2, 0.25) is 5.91 Å². The number of nitrogens with two attached hydrogens (primary N) is 1. The average Bonchev–Trinajstić information content (AvgIpc) is 2.18. The zero-order valence-corrected chi connectivity index (χ0v) is 10.5. The molecule has 17 heavy (non-hydrogen) atoms. The molecule has 0 saturated heterocycles. The highest BCUT2D eigenvalue weighted by Crippen LogP contribution is 2.44. The van der Waals surface area contributed by atoms with Gasteiger partial charge in [-0.15, -0.1) is 0 Å². The summed E-state index contributed by atoms with van der Waals surface area (Å²) in [7, 11) is 0. The number of hydrogen-bond donors (Lipinski definition) is 2. The Morgan fingerprint density at radius 3 is 2.18 bits per heavy atom. The van der Waals surface area contributed by atoms with Gasteiger partial charge in [-0.05, 0) is 37.5 Å². The Labute approximate surface area is 104 Å². The van der Waals surface area contributed by atoms with E-state index >= 15 is 0 Å². The molecule has 0 aromatic heterocycles. The zero-order valence-electron chi connectivity index (χ0n) is 10.5. The third-order valence-electron chi connectivity index (χ3n) is 4.32. The normalized spacial score (nSPS) is 21.5. The Morgan fingerprint density at radius 1 is 1.18 bits per heavy atom. The maximum Gasteiger partial charge on any atom is 0.223 e. The molecular formula is C14H24N2O. The summed E-state index contributed by atoms with van der Waals surface area (Å²) in [5, 5.41) is 3.03. The summed E-state index contributed by atoms with van der Waals surface area (Å²) in [5.74, 6) is 1.91. The van der Waals surface area contributed by atoms with Crippen molar-refractivity contribution in [2.75, 3.05) is 13.1 Å². The smallest absolute Gasteiger partial charge is 0.223 e. The molecule has 2 saturated carbocycles. The van der Waals surface area contributed by atoms with Crippen LogP contribution >= 0.6 is 0 Å². The maximum atomic E-state index is 12.2. The second-order valence-electron chi connectivity index (χ2n) is 5.36. The SMILES string of the molecule is NC/C=C/CNC(=O)C(C1CCC1)C1CCC1. The molecule has 0 aliphatic heterocycles. The van der Waals surface area contributed by atoms with Gasteiger partial charge in [0.1, 0.15) is 0 Å². The molecular weight excluding hydrogens is 212 g/mol. The minimum atomic E-state index is 0.279. The van der Waals surface area contributed by atoms with Crippen molar-refractivity contribution < 1.29 is 4.79 Å². The van der Waals surface area contributed by atoms with Crippen molar-refractivity contribution in [3.8, 4) is 0 Å². The third-order valence-corrected chi connectivity index (χ3v) is 4.32. The van der Waals surface area contributed by atoms with Crippen LogP contribution in [0.25, 0.3) is 0 Å². The minimum Gasteiger partial charge on any atom is -0.352 e. The van der Waals surface area contributed by atoms with Gasteiger partial charge in [0, 0.05) is 19.0 Å². The highest BCUT2D eigenvalue weighted by molar-refractivity contribution is 5.79. The van der Waals surface area contributed by atoms with E-state index in [1.54, 1.807) is 0 Å². The molecule has 1 amide bonds. The van der Waals surface area contributed by atoms with Gasteiger partial charge in [0.25, 0.3) is 0 Å². The van der Waals surface area contributed by atoms with E-state index in [2.05, 4.69) is 5.32 Å². The minimum absolute atomic E-state index is 0.279. The van der Waals surface area contributed by atoms with Crippen LogP contribution in [0.15, 0.2) is 12.2 Å². The standard InChI is InChI=1S/C14H24N2O/c15-9-1-2-10-16-14(17)13(11-5-3-6-11)12-7-4-8-12/h1-2,11-13H,3-10,15H2,(H,16,17)/b2-1+. The van der Waals surface area contributed by atoms with Crippen molar-refractivity contribution in [2.45, 2.75) is 38.5 Å². The maximum absolute atomic E-state index is 12.2. The van der Waals surface area contributed by atoms with Crippen LogP contribution in [-0.2, 0) is 4.79 Å². The van der Waals surface area contributed by atoms with Crippen LogP contribution in [0, 0.1) is 17.8 Å². The summed E-state index contributed by atoms with van der Waals surface area (Å²) in [6, 6.07) is 0. The second-order valence-corrected chi connectivity index (χ2v) is 5.36. The Balaban J connectivity index is 1.81. The monoisotopic (exact) mass is 236 g/mol. The van der Waals surface area contributed by atoms with E-state index in [9.17, 15) is 4.79 Å². The number of carbonyl (C=O) groups excluding carboxylic acids is 1.